The van der Waals surface area contributed by atoms with Crippen molar-refractivity contribution in [2.45, 2.75) is 51.0 Å². The van der Waals surface area contributed by atoms with Gasteiger partial charge in [0.2, 0.25) is 0 Å². The molecule has 0 fully saturated rings. The molecule has 1 aliphatic carbocycles. The molecule has 3 atom stereocenters. The monoisotopic (exact) mass is 550 g/mol. The summed E-state index contributed by atoms with van der Waals surface area (Å²) in [6, 6.07) is 36.2. The molecule has 0 saturated heterocycles. The number of ether oxygens (including phenoxy) is 4. The third kappa shape index (κ3) is 7.93. The van der Waals surface area contributed by atoms with Crippen LogP contribution < -0.4 is 4.74 Å². The summed E-state index contributed by atoms with van der Waals surface area (Å²) in [6.45, 7) is 1.27. The van der Waals surface area contributed by atoms with Gasteiger partial charge in [-0.15, -0.1) is 0 Å². The van der Waals surface area contributed by atoms with Crippen LogP contribution >= 0.6 is 0 Å². The van der Waals surface area contributed by atoms with Crippen molar-refractivity contribution in [3.63, 3.8) is 0 Å². The van der Waals surface area contributed by atoms with Crippen LogP contribution in [0.25, 0.3) is 0 Å². The zero-order valence-corrected chi connectivity index (χ0v) is 23.5. The molecule has 1 N–H and O–H groups in total. The summed E-state index contributed by atoms with van der Waals surface area (Å²) >= 11 is 0. The van der Waals surface area contributed by atoms with E-state index in [4.69, 9.17) is 18.9 Å². The Kier molecular flexibility index (Phi) is 10.4. The number of fused-ring (bicyclic) bond motifs is 1. The zero-order chi connectivity index (χ0) is 28.3. The first kappa shape index (κ1) is 28.8. The summed E-state index contributed by atoms with van der Waals surface area (Å²) in [7, 11) is 1.70. The number of aliphatic hydroxyl groups is 1. The lowest BCUT2D eigenvalue weighted by molar-refractivity contribution is -0.137. The Morgan fingerprint density at radius 1 is 0.683 bits per heavy atom. The fourth-order valence-electron chi connectivity index (χ4n) is 5.23. The Morgan fingerprint density at radius 2 is 1.27 bits per heavy atom. The molecule has 5 nitrogen and oxygen atoms in total. The van der Waals surface area contributed by atoms with Crippen molar-refractivity contribution in [3.05, 3.63) is 149 Å². The molecule has 0 spiro atoms. The Labute approximate surface area is 243 Å². The van der Waals surface area contributed by atoms with E-state index in [1.54, 1.807) is 7.11 Å². The highest BCUT2D eigenvalue weighted by Gasteiger charge is 2.35. The standard InChI is InChI=1S/C36H38O5/c1-38-34-19-11-18-30-20-21-31(22-32(30)34)35(40-24-28-14-7-3-8-15-28)36(41-25-29-16-9-4-10-17-29)33(37)26-39-23-27-12-5-2-6-13-27/h2-19,21,33,35-37H,20,22-26H2,1H3/t33-,35-,36-/m1/s1. The molecule has 41 heavy (non-hydrogen) atoms. The van der Waals surface area contributed by atoms with Crippen molar-refractivity contribution in [1.29, 1.82) is 0 Å². The Bertz CT molecular complexity index is 1370. The molecule has 4 aromatic rings. The van der Waals surface area contributed by atoms with E-state index in [9.17, 15) is 5.11 Å². The summed E-state index contributed by atoms with van der Waals surface area (Å²) in [5.41, 5.74) is 6.60. The summed E-state index contributed by atoms with van der Waals surface area (Å²) in [6.07, 6.45) is 1.57. The maximum absolute atomic E-state index is 11.6. The van der Waals surface area contributed by atoms with E-state index in [0.717, 1.165) is 40.0 Å². The van der Waals surface area contributed by atoms with E-state index in [-0.39, 0.29) is 6.61 Å². The molecule has 0 heterocycles. The molecule has 0 aliphatic heterocycles. The van der Waals surface area contributed by atoms with Crippen LogP contribution in [0.15, 0.2) is 121 Å². The number of hydrogen-bond acceptors (Lipinski definition) is 5. The SMILES string of the molecule is COc1cccc2c1CC([C@@H](OCc1ccccc1)[C@H](OCc1ccccc1)[C@H](O)COCc1ccccc1)=CC2. The molecule has 0 amide bonds. The maximum Gasteiger partial charge on any atom is 0.122 e. The van der Waals surface area contributed by atoms with Gasteiger partial charge in [-0.1, -0.05) is 109 Å². The van der Waals surface area contributed by atoms with Gasteiger partial charge in [0, 0.05) is 5.56 Å². The lowest BCUT2D eigenvalue weighted by atomic mass is 9.86. The second-order valence-electron chi connectivity index (χ2n) is 10.3. The molecular weight excluding hydrogens is 512 g/mol. The van der Waals surface area contributed by atoms with Gasteiger partial charge in [-0.05, 0) is 46.7 Å². The number of benzene rings is 4. The van der Waals surface area contributed by atoms with Crippen molar-refractivity contribution < 1.29 is 24.1 Å². The molecule has 1 aliphatic rings. The van der Waals surface area contributed by atoms with Crippen molar-refractivity contribution in [3.8, 4) is 5.75 Å². The third-order valence-corrected chi connectivity index (χ3v) is 7.42. The Morgan fingerprint density at radius 3 is 1.88 bits per heavy atom. The van der Waals surface area contributed by atoms with Crippen LogP contribution in [0.4, 0.5) is 0 Å². The fourth-order valence-corrected chi connectivity index (χ4v) is 5.23. The lowest BCUT2D eigenvalue weighted by Gasteiger charge is -2.34. The lowest BCUT2D eigenvalue weighted by Crippen LogP contribution is -2.45. The largest absolute Gasteiger partial charge is 0.496 e. The van der Waals surface area contributed by atoms with Crippen LogP contribution in [-0.2, 0) is 46.9 Å². The van der Waals surface area contributed by atoms with E-state index in [1.807, 2.05) is 103 Å². The van der Waals surface area contributed by atoms with E-state index < -0.39 is 18.3 Å². The number of aliphatic hydroxyl groups excluding tert-OH is 1. The predicted octanol–water partition coefficient (Wildman–Crippen LogP) is 6.47. The Balaban J connectivity index is 1.40. The van der Waals surface area contributed by atoms with Gasteiger partial charge in [-0.25, -0.2) is 0 Å². The average molecular weight is 551 g/mol. The van der Waals surface area contributed by atoms with Gasteiger partial charge in [-0.3, -0.25) is 0 Å². The summed E-state index contributed by atoms with van der Waals surface area (Å²) in [4.78, 5) is 0. The first-order chi connectivity index (χ1) is 20.2. The van der Waals surface area contributed by atoms with Crippen LogP contribution in [0.5, 0.6) is 5.75 Å². The third-order valence-electron chi connectivity index (χ3n) is 7.42. The minimum absolute atomic E-state index is 0.118. The minimum atomic E-state index is -0.914. The molecule has 0 radical (unpaired) electrons. The van der Waals surface area contributed by atoms with Crippen LogP contribution in [0, 0.1) is 0 Å². The van der Waals surface area contributed by atoms with Crippen LogP contribution in [0.3, 0.4) is 0 Å². The van der Waals surface area contributed by atoms with E-state index >= 15 is 0 Å². The highest BCUT2D eigenvalue weighted by molar-refractivity contribution is 5.47. The smallest absolute Gasteiger partial charge is 0.122 e. The first-order valence-electron chi connectivity index (χ1n) is 14.2. The summed E-state index contributed by atoms with van der Waals surface area (Å²) in [5.74, 6) is 0.864. The number of methoxy groups -OCH3 is 1. The van der Waals surface area contributed by atoms with Gasteiger partial charge in [0.05, 0.1) is 33.5 Å². The molecule has 5 rings (SSSR count). The van der Waals surface area contributed by atoms with E-state index in [2.05, 4.69) is 12.1 Å². The van der Waals surface area contributed by atoms with E-state index in [0.29, 0.717) is 26.2 Å². The maximum atomic E-state index is 11.6. The van der Waals surface area contributed by atoms with Gasteiger partial charge in [0.15, 0.2) is 0 Å². The normalized spacial score (nSPS) is 14.9. The van der Waals surface area contributed by atoms with E-state index in [1.165, 1.54) is 5.56 Å². The van der Waals surface area contributed by atoms with Crippen molar-refractivity contribution in [1.82, 2.24) is 0 Å². The predicted molar refractivity (Wildman–Crippen MR) is 161 cm³/mol. The van der Waals surface area contributed by atoms with Crippen molar-refractivity contribution in [2.75, 3.05) is 13.7 Å². The topological polar surface area (TPSA) is 57.2 Å². The minimum Gasteiger partial charge on any atom is -0.496 e. The summed E-state index contributed by atoms with van der Waals surface area (Å²) < 4.78 is 24.8. The van der Waals surface area contributed by atoms with Crippen LogP contribution in [-0.4, -0.2) is 37.1 Å². The highest BCUT2D eigenvalue weighted by atomic mass is 16.6. The van der Waals surface area contributed by atoms with Crippen molar-refractivity contribution in [2.24, 2.45) is 0 Å². The van der Waals surface area contributed by atoms with Crippen LogP contribution in [0.1, 0.15) is 27.8 Å². The second-order valence-corrected chi connectivity index (χ2v) is 10.3. The second kappa shape index (κ2) is 14.8. The van der Waals surface area contributed by atoms with Gasteiger partial charge < -0.3 is 24.1 Å². The van der Waals surface area contributed by atoms with Gasteiger partial charge in [0.1, 0.15) is 24.1 Å². The number of rotatable bonds is 14. The molecular formula is C36H38O5. The number of allylic oxidation sites excluding steroid dienone is 1. The molecule has 212 valence electrons. The fraction of sp³-hybridized carbons (Fsp3) is 0.278. The zero-order valence-electron chi connectivity index (χ0n) is 23.5. The molecule has 5 heteroatoms. The highest BCUT2D eigenvalue weighted by Crippen LogP contribution is 2.33. The molecule has 0 bridgehead atoms. The quantitative estimate of drug-likeness (QED) is 0.182. The first-order valence-corrected chi connectivity index (χ1v) is 14.2. The van der Waals surface area contributed by atoms with Gasteiger partial charge in [-0.2, -0.15) is 0 Å². The van der Waals surface area contributed by atoms with Crippen LogP contribution in [0.2, 0.25) is 0 Å². The average Bonchev–Trinajstić information content (AvgIpc) is 3.03. The molecule has 0 aromatic heterocycles. The van der Waals surface area contributed by atoms with Gasteiger partial charge >= 0.3 is 0 Å². The van der Waals surface area contributed by atoms with Gasteiger partial charge in [0.25, 0.3) is 0 Å². The number of hydrogen-bond donors (Lipinski definition) is 1. The molecule has 0 unspecified atom stereocenters. The summed E-state index contributed by atoms with van der Waals surface area (Å²) in [5, 5.41) is 11.6. The molecule has 0 saturated carbocycles. The Hall–Kier alpha value is -3.74. The molecule has 4 aromatic carbocycles. The van der Waals surface area contributed by atoms with Crippen molar-refractivity contribution >= 4 is 0 Å².